The minimum Gasteiger partial charge on any atom is -0.507 e. The summed E-state index contributed by atoms with van der Waals surface area (Å²) < 4.78 is 11.2. The van der Waals surface area contributed by atoms with Crippen molar-refractivity contribution in [2.24, 2.45) is 5.16 Å². The van der Waals surface area contributed by atoms with Crippen molar-refractivity contribution < 1.29 is 24.6 Å². The van der Waals surface area contributed by atoms with Crippen LogP contribution in [0.1, 0.15) is 127 Å². The third-order valence-electron chi connectivity index (χ3n) is 7.66. The molecule has 2 aromatic rings. The van der Waals surface area contributed by atoms with Gasteiger partial charge in [-0.15, -0.1) is 0 Å². The van der Waals surface area contributed by atoms with Crippen molar-refractivity contribution in [2.45, 2.75) is 111 Å². The number of hydrogen-bond acceptors (Lipinski definition) is 7. The largest absolute Gasteiger partial charge is 0.507 e. The summed E-state index contributed by atoms with van der Waals surface area (Å²) in [5, 5.41) is 23.8. The summed E-state index contributed by atoms with van der Waals surface area (Å²) >= 11 is 0. The van der Waals surface area contributed by atoms with Crippen molar-refractivity contribution in [3.05, 3.63) is 53.1 Å². The molecule has 0 aliphatic heterocycles. The summed E-state index contributed by atoms with van der Waals surface area (Å²) in [4.78, 5) is 14.8. The molecular weight excluding hydrogens is 528 g/mol. The summed E-state index contributed by atoms with van der Waals surface area (Å²) in [5.74, 6) is -0.395. The van der Waals surface area contributed by atoms with E-state index in [1.807, 2.05) is 6.07 Å². The van der Waals surface area contributed by atoms with Gasteiger partial charge in [-0.1, -0.05) is 96.7 Å². The molecule has 0 radical (unpaired) electrons. The second kappa shape index (κ2) is 18.3. The fourth-order valence-corrected chi connectivity index (χ4v) is 5.08. The highest BCUT2D eigenvalue weighted by Crippen LogP contribution is 2.33. The molecule has 0 amide bonds. The van der Waals surface area contributed by atoms with Crippen molar-refractivity contribution in [2.75, 3.05) is 31.2 Å². The average molecular weight is 583 g/mol. The Kier molecular flexibility index (Phi) is 15.3. The SMILES string of the molecule is CCCCCCCCCCCCOC(=O)c1ccc(OC/C(=N\O)c2ccc(N(CC)CC)c(C(C)(C)C)c2)cc1O. The lowest BCUT2D eigenvalue weighted by Gasteiger charge is -2.30. The van der Waals surface area contributed by atoms with Crippen molar-refractivity contribution >= 4 is 17.4 Å². The topological polar surface area (TPSA) is 91.6 Å². The minimum atomic E-state index is -0.546. The number of aromatic hydroxyl groups is 1. The van der Waals surface area contributed by atoms with Gasteiger partial charge in [0.05, 0.1) is 6.61 Å². The quantitative estimate of drug-likeness (QED) is 0.0565. The van der Waals surface area contributed by atoms with Gasteiger partial charge in [-0.25, -0.2) is 4.79 Å². The zero-order valence-electron chi connectivity index (χ0n) is 26.9. The number of oxime groups is 1. The Labute approximate surface area is 253 Å². The highest BCUT2D eigenvalue weighted by Gasteiger charge is 2.22. The van der Waals surface area contributed by atoms with E-state index in [4.69, 9.17) is 9.47 Å². The van der Waals surface area contributed by atoms with E-state index < -0.39 is 5.97 Å². The number of phenolic OH excluding ortho intramolecular Hbond substituents is 1. The summed E-state index contributed by atoms with van der Waals surface area (Å²) in [6.45, 7) is 15.1. The lowest BCUT2D eigenvalue weighted by atomic mass is 9.84. The van der Waals surface area contributed by atoms with E-state index in [1.54, 1.807) is 6.07 Å². The molecular formula is C35H54N2O5. The molecule has 7 nitrogen and oxygen atoms in total. The first-order chi connectivity index (χ1) is 20.2. The van der Waals surface area contributed by atoms with E-state index in [2.05, 4.69) is 63.7 Å². The van der Waals surface area contributed by atoms with Crippen LogP contribution in [0.15, 0.2) is 41.6 Å². The van der Waals surface area contributed by atoms with E-state index in [0.717, 1.165) is 49.2 Å². The molecule has 0 saturated carbocycles. The lowest BCUT2D eigenvalue weighted by Crippen LogP contribution is -2.27. The summed E-state index contributed by atoms with van der Waals surface area (Å²) in [7, 11) is 0. The van der Waals surface area contributed by atoms with Gasteiger partial charge >= 0.3 is 5.97 Å². The van der Waals surface area contributed by atoms with Crippen molar-refractivity contribution in [3.63, 3.8) is 0 Å². The van der Waals surface area contributed by atoms with Gasteiger partial charge in [-0.05, 0) is 55.5 Å². The van der Waals surface area contributed by atoms with Crippen LogP contribution in [0.3, 0.4) is 0 Å². The maximum Gasteiger partial charge on any atom is 0.341 e. The predicted molar refractivity (Wildman–Crippen MR) is 173 cm³/mol. The number of carbonyl (C=O) groups excluding carboxylic acids is 1. The Bertz CT molecular complexity index is 1120. The van der Waals surface area contributed by atoms with Gasteiger partial charge in [0.1, 0.15) is 29.4 Å². The molecule has 0 aliphatic carbocycles. The maximum atomic E-state index is 12.5. The van der Waals surface area contributed by atoms with Gasteiger partial charge < -0.3 is 24.7 Å². The number of carbonyl (C=O) groups is 1. The number of benzene rings is 2. The number of ether oxygens (including phenoxy) is 2. The van der Waals surface area contributed by atoms with E-state index in [0.29, 0.717) is 18.1 Å². The fourth-order valence-electron chi connectivity index (χ4n) is 5.08. The highest BCUT2D eigenvalue weighted by atomic mass is 16.5. The van der Waals surface area contributed by atoms with Crippen LogP contribution in [0.25, 0.3) is 0 Å². The number of nitrogens with zero attached hydrogens (tertiary/aromatic N) is 2. The standard InChI is InChI=1S/C35H54N2O5/c1-7-10-11-12-13-14-15-16-17-18-23-41-34(39)29-21-20-28(25-33(29)38)42-26-31(36-40)27-19-22-32(37(8-2)9-3)30(24-27)35(4,5)6/h19-22,24-25,38,40H,7-18,23,26H2,1-6H3/b36-31+. The Morgan fingerprint density at radius 3 is 2.02 bits per heavy atom. The van der Waals surface area contributed by atoms with Gasteiger partial charge in [0.2, 0.25) is 0 Å². The molecule has 7 heteroatoms. The van der Waals surface area contributed by atoms with Crippen LogP contribution < -0.4 is 9.64 Å². The molecule has 0 spiro atoms. The molecule has 0 saturated heterocycles. The van der Waals surface area contributed by atoms with Gasteiger partial charge in [-0.2, -0.15) is 0 Å². The molecule has 0 atom stereocenters. The Morgan fingerprint density at radius 1 is 0.857 bits per heavy atom. The van der Waals surface area contributed by atoms with Crippen molar-refractivity contribution in [1.29, 1.82) is 0 Å². The van der Waals surface area contributed by atoms with Crippen LogP contribution in [-0.2, 0) is 10.2 Å². The Balaban J connectivity index is 1.89. The number of phenols is 1. The molecule has 0 heterocycles. The van der Waals surface area contributed by atoms with Crippen LogP contribution in [0.2, 0.25) is 0 Å². The summed E-state index contributed by atoms with van der Waals surface area (Å²) in [6.07, 6.45) is 12.1. The Morgan fingerprint density at radius 2 is 1.48 bits per heavy atom. The van der Waals surface area contributed by atoms with E-state index >= 15 is 0 Å². The van der Waals surface area contributed by atoms with Crippen LogP contribution in [-0.4, -0.2) is 48.3 Å². The molecule has 42 heavy (non-hydrogen) atoms. The zero-order valence-corrected chi connectivity index (χ0v) is 26.9. The van der Waals surface area contributed by atoms with Gasteiger partial charge in [0.15, 0.2) is 0 Å². The molecule has 0 fully saturated rings. The molecule has 0 aliphatic rings. The van der Waals surface area contributed by atoms with Crippen molar-refractivity contribution in [1.82, 2.24) is 0 Å². The molecule has 2 rings (SSSR count). The van der Waals surface area contributed by atoms with Crippen LogP contribution >= 0.6 is 0 Å². The Hall–Kier alpha value is -3.22. The first kappa shape index (κ1) is 35.0. The first-order valence-electron chi connectivity index (χ1n) is 15.9. The smallest absolute Gasteiger partial charge is 0.341 e. The molecule has 234 valence electrons. The van der Waals surface area contributed by atoms with E-state index in [9.17, 15) is 15.1 Å². The second-order valence-electron chi connectivity index (χ2n) is 12.0. The summed E-state index contributed by atoms with van der Waals surface area (Å²) in [5.41, 5.74) is 3.44. The van der Waals surface area contributed by atoms with Crippen molar-refractivity contribution in [3.8, 4) is 11.5 Å². The number of unbranched alkanes of at least 4 members (excludes halogenated alkanes) is 9. The van der Waals surface area contributed by atoms with Gasteiger partial charge in [0.25, 0.3) is 0 Å². The molecule has 2 aromatic carbocycles. The molecule has 0 aromatic heterocycles. The van der Waals surface area contributed by atoms with Crippen LogP contribution in [0, 0.1) is 0 Å². The molecule has 0 unspecified atom stereocenters. The summed E-state index contributed by atoms with van der Waals surface area (Å²) in [6, 6.07) is 10.5. The van der Waals surface area contributed by atoms with E-state index in [-0.39, 0.29) is 23.3 Å². The molecule has 2 N–H and O–H groups in total. The lowest BCUT2D eigenvalue weighted by molar-refractivity contribution is 0.0494. The maximum absolute atomic E-state index is 12.5. The third-order valence-corrected chi connectivity index (χ3v) is 7.66. The van der Waals surface area contributed by atoms with Gasteiger partial charge in [0, 0.05) is 30.4 Å². The van der Waals surface area contributed by atoms with Gasteiger partial charge in [-0.3, -0.25) is 0 Å². The normalized spacial score (nSPS) is 11.9. The minimum absolute atomic E-state index is 0.00727. The van der Waals surface area contributed by atoms with E-state index in [1.165, 1.54) is 57.1 Å². The average Bonchev–Trinajstić information content (AvgIpc) is 2.96. The third kappa shape index (κ3) is 11.2. The number of hydrogen-bond donors (Lipinski definition) is 2. The predicted octanol–water partition coefficient (Wildman–Crippen LogP) is 8.87. The highest BCUT2D eigenvalue weighted by molar-refractivity contribution is 6.02. The zero-order chi connectivity index (χ0) is 31.0. The van der Waals surface area contributed by atoms with Crippen LogP contribution in [0.5, 0.6) is 11.5 Å². The first-order valence-corrected chi connectivity index (χ1v) is 15.9. The monoisotopic (exact) mass is 582 g/mol. The number of anilines is 1. The van der Waals surface area contributed by atoms with Crippen LogP contribution in [0.4, 0.5) is 5.69 Å². The number of esters is 1. The fraction of sp³-hybridized carbons (Fsp3) is 0.600. The number of rotatable bonds is 19. The molecule has 0 bridgehead atoms. The second-order valence-corrected chi connectivity index (χ2v) is 12.0.